The molecule has 128 valence electrons. The average Bonchev–Trinajstić information content (AvgIpc) is 3.16. The van der Waals surface area contributed by atoms with Crippen LogP contribution in [0.4, 0.5) is 0 Å². The summed E-state index contributed by atoms with van der Waals surface area (Å²) in [5, 5.41) is 0.247. The van der Waals surface area contributed by atoms with E-state index in [0.29, 0.717) is 13.1 Å². The van der Waals surface area contributed by atoms with Crippen LogP contribution in [0, 0.1) is 6.92 Å². The first-order chi connectivity index (χ1) is 11.1. The number of amides is 1. The zero-order valence-corrected chi connectivity index (χ0v) is 16.1. The predicted molar refractivity (Wildman–Crippen MR) is 98.0 cm³/mol. The van der Waals surface area contributed by atoms with Gasteiger partial charge in [-0.05, 0) is 35.6 Å². The number of pyridine rings is 1. The van der Waals surface area contributed by atoms with Gasteiger partial charge in [-0.25, -0.2) is 0 Å². The Balaban J connectivity index is 1.92. The maximum atomic E-state index is 12.9. The van der Waals surface area contributed by atoms with E-state index in [2.05, 4.69) is 20.8 Å². The third-order valence-corrected chi connectivity index (χ3v) is 6.50. The van der Waals surface area contributed by atoms with E-state index >= 15 is 0 Å². The summed E-state index contributed by atoms with van der Waals surface area (Å²) in [6, 6.07) is 3.93. The molecule has 2 aromatic rings. The fraction of sp³-hybridized carbons (Fsp3) is 0.444. The SMILES string of the molecule is Cc1c2c(n(C)c(=O)c1Cl)CN(C(=O)c1ccc(C(C)(C)C)s1)C2. The first-order valence-corrected chi connectivity index (χ1v) is 9.07. The lowest BCUT2D eigenvalue weighted by Gasteiger charge is -2.16. The third kappa shape index (κ3) is 2.70. The number of fused-ring (bicyclic) bond motifs is 1. The second kappa shape index (κ2) is 5.74. The molecule has 3 rings (SSSR count). The highest BCUT2D eigenvalue weighted by molar-refractivity contribution is 7.14. The lowest BCUT2D eigenvalue weighted by Crippen LogP contribution is -2.26. The van der Waals surface area contributed by atoms with Gasteiger partial charge in [0, 0.05) is 24.2 Å². The quantitative estimate of drug-likeness (QED) is 0.771. The predicted octanol–water partition coefficient (Wildman–Crippen LogP) is 3.86. The summed E-state index contributed by atoms with van der Waals surface area (Å²) in [6.07, 6.45) is 0. The Bertz CT molecular complexity index is 890. The van der Waals surface area contributed by atoms with E-state index in [9.17, 15) is 9.59 Å². The van der Waals surface area contributed by atoms with Crippen molar-refractivity contribution in [3.63, 3.8) is 0 Å². The molecule has 0 fully saturated rings. The lowest BCUT2D eigenvalue weighted by molar-refractivity contribution is 0.0754. The Hall–Kier alpha value is -1.59. The molecule has 1 aliphatic heterocycles. The van der Waals surface area contributed by atoms with Gasteiger partial charge in [0.15, 0.2) is 0 Å². The largest absolute Gasteiger partial charge is 0.328 e. The van der Waals surface area contributed by atoms with E-state index in [4.69, 9.17) is 11.6 Å². The standard InChI is InChI=1S/C18H21ClN2O2S/c1-10-11-8-21(9-12(11)20(5)17(23)15(10)19)16(22)13-6-7-14(24-13)18(2,3)4/h6-7H,8-9H2,1-5H3. The van der Waals surface area contributed by atoms with Crippen molar-refractivity contribution in [1.29, 1.82) is 0 Å². The van der Waals surface area contributed by atoms with Crippen LogP contribution in [-0.4, -0.2) is 15.4 Å². The number of carbonyl (C=O) groups excluding carboxylic acids is 1. The van der Waals surface area contributed by atoms with Gasteiger partial charge in [0.25, 0.3) is 11.5 Å². The lowest BCUT2D eigenvalue weighted by atomic mass is 9.95. The molecule has 0 aliphatic carbocycles. The fourth-order valence-electron chi connectivity index (χ4n) is 2.98. The van der Waals surface area contributed by atoms with Gasteiger partial charge in [0.1, 0.15) is 5.02 Å². The number of nitrogens with zero attached hydrogens (tertiary/aromatic N) is 2. The molecular weight excluding hydrogens is 344 g/mol. The molecule has 0 unspecified atom stereocenters. The molecule has 24 heavy (non-hydrogen) atoms. The van der Waals surface area contributed by atoms with Crippen molar-refractivity contribution in [2.75, 3.05) is 0 Å². The maximum absolute atomic E-state index is 12.9. The minimum Gasteiger partial charge on any atom is -0.328 e. The second-order valence-corrected chi connectivity index (χ2v) is 8.77. The molecule has 1 aliphatic rings. The van der Waals surface area contributed by atoms with Gasteiger partial charge in [-0.3, -0.25) is 9.59 Å². The smallest absolute Gasteiger partial charge is 0.269 e. The van der Waals surface area contributed by atoms with Gasteiger partial charge in [0.05, 0.1) is 11.4 Å². The average molecular weight is 365 g/mol. The summed E-state index contributed by atoms with van der Waals surface area (Å²) in [5.74, 6) is 0.00896. The minimum atomic E-state index is -0.201. The second-order valence-electron chi connectivity index (χ2n) is 7.30. The van der Waals surface area contributed by atoms with Crippen molar-refractivity contribution in [3.05, 3.63) is 54.1 Å². The molecule has 2 aromatic heterocycles. The van der Waals surface area contributed by atoms with Crippen LogP contribution in [0.3, 0.4) is 0 Å². The summed E-state index contributed by atoms with van der Waals surface area (Å²) < 4.78 is 1.56. The molecule has 0 radical (unpaired) electrons. The van der Waals surface area contributed by atoms with E-state index in [1.807, 2.05) is 19.1 Å². The number of thiophene rings is 1. The van der Waals surface area contributed by atoms with Crippen molar-refractivity contribution in [2.45, 2.75) is 46.2 Å². The Kier molecular flexibility index (Phi) is 4.12. The fourth-order valence-corrected chi connectivity index (χ4v) is 4.25. The van der Waals surface area contributed by atoms with Crippen LogP contribution in [0.5, 0.6) is 0 Å². The molecule has 6 heteroatoms. The number of rotatable bonds is 1. The molecule has 0 saturated carbocycles. The van der Waals surface area contributed by atoms with E-state index < -0.39 is 0 Å². The molecule has 0 atom stereocenters. The highest BCUT2D eigenvalue weighted by Gasteiger charge is 2.30. The van der Waals surface area contributed by atoms with Gasteiger partial charge in [0.2, 0.25) is 0 Å². The van der Waals surface area contributed by atoms with E-state index in [-0.39, 0.29) is 21.9 Å². The van der Waals surface area contributed by atoms with Crippen molar-refractivity contribution in [3.8, 4) is 0 Å². The van der Waals surface area contributed by atoms with Crippen LogP contribution in [0.2, 0.25) is 5.02 Å². The Morgan fingerprint density at radius 3 is 2.50 bits per heavy atom. The number of halogens is 1. The summed E-state index contributed by atoms with van der Waals surface area (Å²) in [7, 11) is 1.71. The first kappa shape index (κ1) is 17.2. The van der Waals surface area contributed by atoms with Gasteiger partial charge < -0.3 is 9.47 Å². The van der Waals surface area contributed by atoms with E-state index in [1.165, 1.54) is 4.88 Å². The molecule has 4 nitrogen and oxygen atoms in total. The van der Waals surface area contributed by atoms with Gasteiger partial charge >= 0.3 is 0 Å². The highest BCUT2D eigenvalue weighted by Crippen LogP contribution is 2.33. The van der Waals surface area contributed by atoms with Crippen LogP contribution in [0.15, 0.2) is 16.9 Å². The van der Waals surface area contributed by atoms with Gasteiger partial charge in [-0.15, -0.1) is 11.3 Å². The van der Waals surface area contributed by atoms with Gasteiger partial charge in [-0.1, -0.05) is 32.4 Å². The topological polar surface area (TPSA) is 42.3 Å². The number of hydrogen-bond acceptors (Lipinski definition) is 3. The number of aromatic nitrogens is 1. The highest BCUT2D eigenvalue weighted by atomic mass is 35.5. The number of carbonyl (C=O) groups is 1. The van der Waals surface area contributed by atoms with Crippen LogP contribution < -0.4 is 5.56 Å². The summed E-state index contributed by atoms with van der Waals surface area (Å²) in [5.41, 5.74) is 2.48. The van der Waals surface area contributed by atoms with Crippen LogP contribution in [-0.2, 0) is 25.6 Å². The molecular formula is C18H21ClN2O2S. The maximum Gasteiger partial charge on any atom is 0.269 e. The van der Waals surface area contributed by atoms with Crippen molar-refractivity contribution in [1.82, 2.24) is 9.47 Å². The van der Waals surface area contributed by atoms with E-state index in [0.717, 1.165) is 21.7 Å². The Labute approximate surface area is 150 Å². The summed E-state index contributed by atoms with van der Waals surface area (Å²) in [6.45, 7) is 9.20. The summed E-state index contributed by atoms with van der Waals surface area (Å²) >= 11 is 7.67. The molecule has 0 spiro atoms. The Morgan fingerprint density at radius 1 is 1.25 bits per heavy atom. The molecule has 0 N–H and O–H groups in total. The molecule has 0 bridgehead atoms. The van der Waals surface area contributed by atoms with Crippen molar-refractivity contribution >= 4 is 28.8 Å². The normalized spacial score (nSPS) is 14.2. The monoisotopic (exact) mass is 364 g/mol. The molecule has 1 amide bonds. The molecule has 0 aromatic carbocycles. The van der Waals surface area contributed by atoms with E-state index in [1.54, 1.807) is 27.9 Å². The Morgan fingerprint density at radius 2 is 1.92 bits per heavy atom. The summed E-state index contributed by atoms with van der Waals surface area (Å²) in [4.78, 5) is 28.7. The van der Waals surface area contributed by atoms with Crippen LogP contribution in [0.1, 0.15) is 52.1 Å². The van der Waals surface area contributed by atoms with Crippen LogP contribution >= 0.6 is 22.9 Å². The van der Waals surface area contributed by atoms with Crippen molar-refractivity contribution < 1.29 is 4.79 Å². The van der Waals surface area contributed by atoms with Crippen molar-refractivity contribution in [2.24, 2.45) is 7.05 Å². The van der Waals surface area contributed by atoms with Gasteiger partial charge in [-0.2, -0.15) is 0 Å². The minimum absolute atomic E-state index is 0.00896. The molecule has 3 heterocycles. The third-order valence-electron chi connectivity index (χ3n) is 4.56. The first-order valence-electron chi connectivity index (χ1n) is 7.87. The van der Waals surface area contributed by atoms with Crippen LogP contribution in [0.25, 0.3) is 0 Å². The number of hydrogen-bond donors (Lipinski definition) is 0. The molecule has 0 saturated heterocycles. The zero-order chi connectivity index (χ0) is 17.8. The zero-order valence-electron chi connectivity index (χ0n) is 14.6.